The summed E-state index contributed by atoms with van der Waals surface area (Å²) in [6.07, 6.45) is 1.63. The molecule has 2 heterocycles. The highest BCUT2D eigenvalue weighted by molar-refractivity contribution is 6.00. The van der Waals surface area contributed by atoms with Crippen LogP contribution in [0.15, 0.2) is 54.7 Å². The van der Waals surface area contributed by atoms with Crippen molar-refractivity contribution in [2.45, 2.75) is 0 Å². The number of nitrogens with one attached hydrogen (secondary N) is 2. The summed E-state index contributed by atoms with van der Waals surface area (Å²) in [6.45, 7) is 0.202. The molecule has 2 aromatic carbocycles. The van der Waals surface area contributed by atoms with Crippen LogP contribution in [0.5, 0.6) is 11.5 Å². The van der Waals surface area contributed by atoms with E-state index in [1.165, 1.54) is 0 Å². The van der Waals surface area contributed by atoms with E-state index in [-0.39, 0.29) is 12.8 Å². The fourth-order valence-corrected chi connectivity index (χ4v) is 2.41. The number of para-hydroxylation sites is 1. The van der Waals surface area contributed by atoms with Gasteiger partial charge in [-0.25, -0.2) is 4.79 Å². The second-order valence-corrected chi connectivity index (χ2v) is 5.06. The first-order valence-corrected chi connectivity index (χ1v) is 7.10. The lowest BCUT2D eigenvalue weighted by molar-refractivity contribution is 0.174. The van der Waals surface area contributed by atoms with E-state index in [0.717, 1.165) is 10.9 Å². The third-order valence-electron chi connectivity index (χ3n) is 3.48. The Morgan fingerprint density at radius 1 is 0.957 bits per heavy atom. The number of rotatable bonds is 2. The molecule has 2 amide bonds. The number of hydrogen-bond donors (Lipinski definition) is 2. The minimum Gasteiger partial charge on any atom is -0.454 e. The molecular weight excluding hydrogens is 294 g/mol. The molecule has 114 valence electrons. The van der Waals surface area contributed by atoms with E-state index in [2.05, 4.69) is 15.6 Å². The molecule has 0 bridgehead atoms. The Morgan fingerprint density at radius 2 is 1.78 bits per heavy atom. The van der Waals surface area contributed by atoms with Gasteiger partial charge in [-0.15, -0.1) is 0 Å². The Morgan fingerprint density at radius 3 is 2.74 bits per heavy atom. The SMILES string of the molecule is O=C(Nc1ccc2c(c1)OCO2)Nc1cnc2ccccc2c1. The summed E-state index contributed by atoms with van der Waals surface area (Å²) in [4.78, 5) is 16.4. The number of carbonyl (C=O) groups excluding carboxylic acids is 1. The molecule has 2 N–H and O–H groups in total. The summed E-state index contributed by atoms with van der Waals surface area (Å²) in [6, 6.07) is 14.5. The third-order valence-corrected chi connectivity index (χ3v) is 3.48. The number of urea groups is 1. The van der Waals surface area contributed by atoms with Gasteiger partial charge in [-0.2, -0.15) is 0 Å². The maximum atomic E-state index is 12.1. The van der Waals surface area contributed by atoms with Crippen molar-refractivity contribution < 1.29 is 14.3 Å². The first-order valence-electron chi connectivity index (χ1n) is 7.10. The largest absolute Gasteiger partial charge is 0.454 e. The van der Waals surface area contributed by atoms with Gasteiger partial charge in [0.25, 0.3) is 0 Å². The minimum absolute atomic E-state index is 0.202. The lowest BCUT2D eigenvalue weighted by Crippen LogP contribution is -2.19. The molecule has 0 radical (unpaired) electrons. The maximum absolute atomic E-state index is 12.1. The zero-order valence-electron chi connectivity index (χ0n) is 12.1. The van der Waals surface area contributed by atoms with Gasteiger partial charge in [0, 0.05) is 17.1 Å². The topological polar surface area (TPSA) is 72.5 Å². The van der Waals surface area contributed by atoms with Crippen LogP contribution in [0, 0.1) is 0 Å². The lowest BCUT2D eigenvalue weighted by atomic mass is 10.2. The zero-order chi connectivity index (χ0) is 15.6. The highest BCUT2D eigenvalue weighted by Crippen LogP contribution is 2.34. The molecule has 23 heavy (non-hydrogen) atoms. The molecule has 1 aliphatic heterocycles. The van der Waals surface area contributed by atoms with Gasteiger partial charge in [-0.05, 0) is 24.3 Å². The van der Waals surface area contributed by atoms with Crippen molar-refractivity contribution in [1.29, 1.82) is 0 Å². The first-order chi connectivity index (χ1) is 11.3. The number of amides is 2. The molecule has 0 fully saturated rings. The molecule has 0 aliphatic carbocycles. The quantitative estimate of drug-likeness (QED) is 0.758. The van der Waals surface area contributed by atoms with Crippen LogP contribution >= 0.6 is 0 Å². The van der Waals surface area contributed by atoms with Crippen LogP contribution in [0.25, 0.3) is 10.9 Å². The van der Waals surface area contributed by atoms with Crippen LogP contribution in [0.1, 0.15) is 0 Å². The highest BCUT2D eigenvalue weighted by Gasteiger charge is 2.14. The van der Waals surface area contributed by atoms with E-state index < -0.39 is 0 Å². The van der Waals surface area contributed by atoms with E-state index in [1.807, 2.05) is 30.3 Å². The average molecular weight is 307 g/mol. The highest BCUT2D eigenvalue weighted by atomic mass is 16.7. The molecule has 1 aliphatic rings. The number of fused-ring (bicyclic) bond motifs is 2. The molecule has 6 nitrogen and oxygen atoms in total. The number of hydrogen-bond acceptors (Lipinski definition) is 4. The van der Waals surface area contributed by atoms with E-state index in [1.54, 1.807) is 24.4 Å². The van der Waals surface area contributed by atoms with Gasteiger partial charge in [-0.3, -0.25) is 4.98 Å². The second kappa shape index (κ2) is 5.49. The van der Waals surface area contributed by atoms with Gasteiger partial charge < -0.3 is 20.1 Å². The Balaban J connectivity index is 1.48. The Kier molecular flexibility index (Phi) is 3.20. The Bertz CT molecular complexity index is 895. The fourth-order valence-electron chi connectivity index (χ4n) is 2.41. The summed E-state index contributed by atoms with van der Waals surface area (Å²) in [7, 11) is 0. The van der Waals surface area contributed by atoms with Gasteiger partial charge in [0.2, 0.25) is 6.79 Å². The summed E-state index contributed by atoms with van der Waals surface area (Å²) in [5, 5.41) is 6.49. The first kappa shape index (κ1) is 13.4. The van der Waals surface area contributed by atoms with Gasteiger partial charge in [0.15, 0.2) is 11.5 Å². The lowest BCUT2D eigenvalue weighted by Gasteiger charge is -2.08. The zero-order valence-corrected chi connectivity index (χ0v) is 12.1. The molecule has 0 unspecified atom stereocenters. The number of anilines is 2. The van der Waals surface area contributed by atoms with Crippen molar-refractivity contribution in [3.63, 3.8) is 0 Å². The molecule has 0 saturated heterocycles. The predicted molar refractivity (Wildman–Crippen MR) is 86.9 cm³/mol. The van der Waals surface area contributed by atoms with Crippen molar-refractivity contribution in [3.8, 4) is 11.5 Å². The molecular formula is C17H13N3O3. The summed E-state index contributed by atoms with van der Waals surface area (Å²) >= 11 is 0. The maximum Gasteiger partial charge on any atom is 0.323 e. The van der Waals surface area contributed by atoms with Crippen LogP contribution in [0.3, 0.4) is 0 Å². The summed E-state index contributed by atoms with van der Waals surface area (Å²) in [5.41, 5.74) is 2.14. The molecule has 3 aromatic rings. The van der Waals surface area contributed by atoms with Crippen LogP contribution in [-0.2, 0) is 0 Å². The van der Waals surface area contributed by atoms with E-state index in [9.17, 15) is 4.79 Å². The van der Waals surface area contributed by atoms with Crippen LogP contribution < -0.4 is 20.1 Å². The van der Waals surface area contributed by atoms with Gasteiger partial charge >= 0.3 is 6.03 Å². The predicted octanol–water partition coefficient (Wildman–Crippen LogP) is 3.61. The molecule has 0 saturated carbocycles. The molecule has 4 rings (SSSR count). The number of pyridine rings is 1. The summed E-state index contributed by atoms with van der Waals surface area (Å²) in [5.74, 6) is 1.30. The summed E-state index contributed by atoms with van der Waals surface area (Å²) < 4.78 is 10.5. The molecule has 0 atom stereocenters. The number of carbonyl (C=O) groups is 1. The normalized spacial score (nSPS) is 12.2. The second-order valence-electron chi connectivity index (χ2n) is 5.06. The minimum atomic E-state index is -0.346. The number of benzene rings is 2. The van der Waals surface area contributed by atoms with Crippen LogP contribution in [0.4, 0.5) is 16.2 Å². The van der Waals surface area contributed by atoms with E-state index in [4.69, 9.17) is 9.47 Å². The number of aromatic nitrogens is 1. The average Bonchev–Trinajstić information content (AvgIpc) is 3.02. The van der Waals surface area contributed by atoms with Crippen LogP contribution in [-0.4, -0.2) is 17.8 Å². The molecule has 6 heteroatoms. The van der Waals surface area contributed by atoms with Crippen molar-refractivity contribution in [3.05, 3.63) is 54.7 Å². The standard InChI is InChI=1S/C17H13N3O3/c21-17(19-12-5-6-15-16(8-12)23-10-22-15)20-13-7-11-3-1-2-4-14(11)18-9-13/h1-9H,10H2,(H2,19,20,21). The monoisotopic (exact) mass is 307 g/mol. The smallest absolute Gasteiger partial charge is 0.323 e. The van der Waals surface area contributed by atoms with Gasteiger partial charge in [0.1, 0.15) is 0 Å². The third kappa shape index (κ3) is 2.74. The van der Waals surface area contributed by atoms with Crippen molar-refractivity contribution in [2.24, 2.45) is 0 Å². The van der Waals surface area contributed by atoms with Crippen LogP contribution in [0.2, 0.25) is 0 Å². The molecule has 0 spiro atoms. The van der Waals surface area contributed by atoms with Gasteiger partial charge in [-0.1, -0.05) is 18.2 Å². The van der Waals surface area contributed by atoms with E-state index in [0.29, 0.717) is 22.9 Å². The Labute approximate surface area is 132 Å². The number of ether oxygens (including phenoxy) is 2. The van der Waals surface area contributed by atoms with E-state index >= 15 is 0 Å². The fraction of sp³-hybridized carbons (Fsp3) is 0.0588. The van der Waals surface area contributed by atoms with Crippen molar-refractivity contribution >= 4 is 28.3 Å². The van der Waals surface area contributed by atoms with Crippen molar-refractivity contribution in [2.75, 3.05) is 17.4 Å². The van der Waals surface area contributed by atoms with Gasteiger partial charge in [0.05, 0.1) is 17.4 Å². The molecule has 1 aromatic heterocycles. The van der Waals surface area contributed by atoms with Crippen molar-refractivity contribution in [1.82, 2.24) is 4.98 Å². The number of nitrogens with zero attached hydrogens (tertiary/aromatic N) is 1. The Hall–Kier alpha value is -3.28.